The Bertz CT molecular complexity index is 2340. The largest absolute Gasteiger partial charge is 0.512 e. The minimum absolute atomic E-state index is 0. The first kappa shape index (κ1) is 45.1. The van der Waals surface area contributed by atoms with Gasteiger partial charge in [-0.1, -0.05) is 124 Å². The smallest absolute Gasteiger partial charge is 0.220 e. The molecule has 6 rings (SSSR count). The van der Waals surface area contributed by atoms with Crippen LogP contribution in [0.25, 0.3) is 54.3 Å². The van der Waals surface area contributed by atoms with Gasteiger partial charge in [-0.25, -0.2) is 0 Å². The maximum absolute atomic E-state index is 12.2. The number of pyridine rings is 1. The van der Waals surface area contributed by atoms with Crippen LogP contribution in [0.15, 0.2) is 76.2 Å². The number of nitrogens with zero attached hydrogens (tertiary/aromatic N) is 1. The fourth-order valence-corrected chi connectivity index (χ4v) is 8.28. The Balaban J connectivity index is 0.000000330. The first-order chi connectivity index (χ1) is 25.9. The quantitative estimate of drug-likeness (QED) is 0.0798. The monoisotopic (exact) mass is 949 g/mol. The van der Waals surface area contributed by atoms with Crippen LogP contribution in [0.1, 0.15) is 124 Å². The minimum Gasteiger partial charge on any atom is -0.512 e. The number of furan rings is 1. The number of carbonyl (C=O) groups is 1. The second kappa shape index (κ2) is 17.9. The van der Waals surface area contributed by atoms with Crippen molar-refractivity contribution in [1.29, 1.82) is 0 Å². The van der Waals surface area contributed by atoms with E-state index in [-0.39, 0.29) is 47.9 Å². The summed E-state index contributed by atoms with van der Waals surface area (Å²) in [4.78, 5) is 17.3. The number of ketones is 1. The molecule has 0 aliphatic rings. The van der Waals surface area contributed by atoms with E-state index >= 15 is 0 Å². The second-order valence-corrected chi connectivity index (χ2v) is 18.3. The first-order valence-corrected chi connectivity index (χ1v) is 21.1. The Morgan fingerprint density at radius 3 is 2.12 bits per heavy atom. The zero-order valence-corrected chi connectivity index (χ0v) is 39.1. The molecular formula is C50H62IrNO3S-. The summed E-state index contributed by atoms with van der Waals surface area (Å²) in [5, 5.41) is 17.1. The number of rotatable bonds is 11. The summed E-state index contributed by atoms with van der Waals surface area (Å²) in [5.74, 6) is 1.82. The molecule has 6 heteroatoms. The van der Waals surface area contributed by atoms with E-state index in [4.69, 9.17) is 9.40 Å². The molecule has 4 nitrogen and oxygen atoms in total. The van der Waals surface area contributed by atoms with Crippen LogP contribution in [-0.2, 0) is 36.7 Å². The third-order valence-corrected chi connectivity index (χ3v) is 13.2. The van der Waals surface area contributed by atoms with Gasteiger partial charge >= 0.3 is 0 Å². The van der Waals surface area contributed by atoms with Crippen molar-refractivity contribution in [1.82, 2.24) is 4.98 Å². The van der Waals surface area contributed by atoms with Crippen LogP contribution >= 0.6 is 11.3 Å². The van der Waals surface area contributed by atoms with Gasteiger partial charge in [0, 0.05) is 63.7 Å². The van der Waals surface area contributed by atoms with Crippen molar-refractivity contribution in [3.63, 3.8) is 0 Å². The molecule has 0 saturated carbocycles. The van der Waals surface area contributed by atoms with Crippen LogP contribution in [0.5, 0.6) is 0 Å². The summed E-state index contributed by atoms with van der Waals surface area (Å²) in [7, 11) is 0. The molecule has 0 spiro atoms. The van der Waals surface area contributed by atoms with Crippen molar-refractivity contribution in [2.75, 3.05) is 0 Å². The minimum atomic E-state index is -0.337. The van der Waals surface area contributed by atoms with E-state index in [9.17, 15) is 9.90 Å². The molecule has 0 atom stereocenters. The number of benzene rings is 3. The van der Waals surface area contributed by atoms with E-state index in [2.05, 4.69) is 108 Å². The molecule has 6 aromatic rings. The maximum atomic E-state index is 12.2. The predicted molar refractivity (Wildman–Crippen MR) is 236 cm³/mol. The predicted octanol–water partition coefficient (Wildman–Crippen LogP) is 15.1. The molecule has 0 saturated heterocycles. The standard InChI is InChI=1S/C35H34NOS.C15H28O2.Ir/c1-20(2)16-24-12-13-27(28-14-15-38-33(24)28)29-19-31(36-34-32(29)21(3)22(4)37-34)25-17-23-10-8-9-11-26(23)30(18-25)35(5,6)7;1-7-14(5,8-2)12(16)11-13(17)15(6,9-3)10-4;/h8-15,18-20H,16H2,1-7H3;11,16H,7-10H2,1-6H3;/q-1;;/b;12-11-;. The van der Waals surface area contributed by atoms with Gasteiger partial charge in [-0.05, 0) is 85.4 Å². The number of hydrogen-bond donors (Lipinski definition) is 1. The molecular weight excluding hydrogens is 887 g/mol. The average Bonchev–Trinajstić information content (AvgIpc) is 3.77. The normalized spacial score (nSPS) is 12.6. The Morgan fingerprint density at radius 2 is 1.52 bits per heavy atom. The summed E-state index contributed by atoms with van der Waals surface area (Å²) in [6.07, 6.45) is 5.84. The summed E-state index contributed by atoms with van der Waals surface area (Å²) in [6.45, 7) is 27.6. The van der Waals surface area contributed by atoms with Crippen LogP contribution in [0.2, 0.25) is 0 Å². The molecule has 3 aromatic carbocycles. The van der Waals surface area contributed by atoms with Crippen LogP contribution < -0.4 is 0 Å². The summed E-state index contributed by atoms with van der Waals surface area (Å²) in [5.41, 5.74) is 8.28. The van der Waals surface area contributed by atoms with E-state index in [1.54, 1.807) is 0 Å². The number of aromatic nitrogens is 1. The van der Waals surface area contributed by atoms with Gasteiger partial charge in [0.15, 0.2) is 5.78 Å². The molecule has 301 valence electrons. The van der Waals surface area contributed by atoms with Gasteiger partial charge in [0.1, 0.15) is 11.5 Å². The van der Waals surface area contributed by atoms with Crippen molar-refractivity contribution in [3.05, 3.63) is 100 Å². The topological polar surface area (TPSA) is 63.3 Å². The Morgan fingerprint density at radius 1 is 0.875 bits per heavy atom. The molecule has 0 aliphatic heterocycles. The number of aliphatic hydroxyl groups is 1. The fourth-order valence-electron chi connectivity index (χ4n) is 7.33. The van der Waals surface area contributed by atoms with E-state index in [0.717, 1.165) is 65.5 Å². The SMILES string of the molecule is CCC(C)(CC)C(=O)/C=C(\O)C(C)(CC)CC.Cc1oc2nc(-c3[c-]c4ccccc4c(C(C)(C)C)c3)cc(-c3ccc(CC(C)C)c4sccc34)c2c1C.[Ir]. The Hall–Kier alpha value is -3.57. The number of aryl methyl sites for hydroxylation is 2. The van der Waals surface area contributed by atoms with Gasteiger partial charge < -0.3 is 9.52 Å². The van der Waals surface area contributed by atoms with E-state index in [1.165, 1.54) is 43.8 Å². The molecule has 3 aromatic heterocycles. The molecule has 56 heavy (non-hydrogen) atoms. The van der Waals surface area contributed by atoms with E-state index < -0.39 is 0 Å². The third kappa shape index (κ3) is 9.09. The molecule has 1 N–H and O–H groups in total. The molecule has 3 heterocycles. The number of allylic oxidation sites excluding steroid dienone is 2. The number of carbonyl (C=O) groups excluding carboxylic acids is 1. The summed E-state index contributed by atoms with van der Waals surface area (Å²) >= 11 is 1.84. The van der Waals surface area contributed by atoms with Gasteiger partial charge in [0.05, 0.1) is 0 Å². The average molecular weight is 949 g/mol. The van der Waals surface area contributed by atoms with Crippen molar-refractivity contribution >= 4 is 49.1 Å². The van der Waals surface area contributed by atoms with Crippen LogP contribution in [0, 0.1) is 36.7 Å². The van der Waals surface area contributed by atoms with Gasteiger partial charge in [-0.3, -0.25) is 9.78 Å². The van der Waals surface area contributed by atoms with E-state index in [0.29, 0.717) is 11.6 Å². The maximum Gasteiger partial charge on any atom is 0.220 e. The molecule has 0 bridgehead atoms. The first-order valence-electron chi connectivity index (χ1n) is 20.2. The molecule has 0 fully saturated rings. The van der Waals surface area contributed by atoms with E-state index in [1.807, 2.05) is 59.8 Å². The zero-order valence-electron chi connectivity index (χ0n) is 35.9. The van der Waals surface area contributed by atoms with Gasteiger partial charge in [-0.2, -0.15) is 0 Å². The number of thiophene rings is 1. The van der Waals surface area contributed by atoms with Crippen LogP contribution in [0.3, 0.4) is 0 Å². The second-order valence-electron chi connectivity index (χ2n) is 17.4. The van der Waals surface area contributed by atoms with Gasteiger partial charge in [-0.15, -0.1) is 40.5 Å². The number of aliphatic hydroxyl groups excluding tert-OH is 1. The van der Waals surface area contributed by atoms with Crippen molar-refractivity contribution < 1.29 is 34.4 Å². The Kier molecular flexibility index (Phi) is 14.4. The van der Waals surface area contributed by atoms with Gasteiger partial charge in [0.25, 0.3) is 0 Å². The zero-order chi connectivity index (χ0) is 40.5. The van der Waals surface area contributed by atoms with Crippen LogP contribution in [-0.4, -0.2) is 15.9 Å². The molecule has 0 aliphatic carbocycles. The summed E-state index contributed by atoms with van der Waals surface area (Å²) in [6, 6.07) is 23.6. The Labute approximate surface area is 353 Å². The molecule has 0 unspecified atom stereocenters. The third-order valence-electron chi connectivity index (χ3n) is 12.2. The fraction of sp³-hybridized carbons (Fsp3) is 0.440. The van der Waals surface area contributed by atoms with Crippen molar-refractivity contribution in [3.8, 4) is 22.4 Å². The summed E-state index contributed by atoms with van der Waals surface area (Å²) < 4.78 is 7.64. The number of fused-ring (bicyclic) bond motifs is 3. The number of hydrogen-bond acceptors (Lipinski definition) is 5. The van der Waals surface area contributed by atoms with Gasteiger partial charge in [0.2, 0.25) is 5.71 Å². The molecule has 1 radical (unpaired) electrons. The van der Waals surface area contributed by atoms with Crippen molar-refractivity contribution in [2.45, 2.75) is 128 Å². The van der Waals surface area contributed by atoms with Crippen LogP contribution in [0.4, 0.5) is 0 Å². The van der Waals surface area contributed by atoms with Crippen molar-refractivity contribution in [2.24, 2.45) is 16.7 Å². The molecule has 0 amide bonds.